The maximum absolute atomic E-state index is 11.7. The summed E-state index contributed by atoms with van der Waals surface area (Å²) in [7, 11) is -3.13. The highest BCUT2D eigenvalue weighted by atomic mass is 35.5. The average Bonchev–Trinajstić information content (AvgIpc) is 2.54. The smallest absolute Gasteiger partial charge is 0.178 e. The summed E-state index contributed by atoms with van der Waals surface area (Å²) >= 11 is 5.75. The van der Waals surface area contributed by atoms with Crippen molar-refractivity contribution in [3.63, 3.8) is 0 Å². The van der Waals surface area contributed by atoms with Crippen molar-refractivity contribution in [1.82, 2.24) is 0 Å². The summed E-state index contributed by atoms with van der Waals surface area (Å²) < 4.78 is 23.4. The zero-order valence-corrected chi connectivity index (χ0v) is 13.4. The zero-order chi connectivity index (χ0) is 15.3. The third-order valence-corrected chi connectivity index (χ3v) is 5.33. The molecule has 3 nitrogen and oxygen atoms in total. The lowest BCUT2D eigenvalue weighted by Gasteiger charge is -2.08. The van der Waals surface area contributed by atoms with Gasteiger partial charge in [-0.25, -0.2) is 8.42 Å². The van der Waals surface area contributed by atoms with Crippen LogP contribution in [-0.4, -0.2) is 14.2 Å². The lowest BCUT2D eigenvalue weighted by atomic mass is 10.1. The zero-order valence-electron chi connectivity index (χ0n) is 11.8. The van der Waals surface area contributed by atoms with Crippen LogP contribution in [0.1, 0.15) is 18.1 Å². The van der Waals surface area contributed by atoms with Gasteiger partial charge in [0.25, 0.3) is 0 Å². The highest BCUT2D eigenvalue weighted by molar-refractivity contribution is 7.91. The molecule has 21 heavy (non-hydrogen) atoms. The Bertz CT molecular complexity index is 679. The Morgan fingerprint density at radius 2 is 1.52 bits per heavy atom. The Morgan fingerprint density at radius 3 is 2.05 bits per heavy atom. The highest BCUT2D eigenvalue weighted by Crippen LogP contribution is 2.16. The molecule has 0 unspecified atom stereocenters. The second kappa shape index (κ2) is 6.96. The van der Waals surface area contributed by atoms with Crippen LogP contribution >= 0.6 is 11.6 Å². The first-order valence-electron chi connectivity index (χ1n) is 6.75. The first kappa shape index (κ1) is 15.9. The van der Waals surface area contributed by atoms with Crippen LogP contribution in [-0.2, 0) is 22.3 Å². The van der Waals surface area contributed by atoms with Crippen LogP contribution < -0.4 is 5.32 Å². The van der Waals surface area contributed by atoms with Crippen molar-refractivity contribution in [3.8, 4) is 0 Å². The SMILES string of the molecule is CCS(=O)(=O)c1ccc(NCc2ccc(CCl)cc2)cc1. The Morgan fingerprint density at radius 1 is 0.952 bits per heavy atom. The number of hydrogen-bond donors (Lipinski definition) is 1. The van der Waals surface area contributed by atoms with Gasteiger partial charge in [0.2, 0.25) is 0 Å². The molecule has 2 aromatic carbocycles. The summed E-state index contributed by atoms with van der Waals surface area (Å²) in [5.74, 6) is 0.633. The summed E-state index contributed by atoms with van der Waals surface area (Å²) in [6.45, 7) is 2.33. The normalized spacial score (nSPS) is 11.3. The van der Waals surface area contributed by atoms with Gasteiger partial charge in [-0.2, -0.15) is 0 Å². The number of anilines is 1. The molecule has 0 heterocycles. The van der Waals surface area contributed by atoms with Crippen molar-refractivity contribution in [3.05, 3.63) is 59.7 Å². The van der Waals surface area contributed by atoms with Gasteiger partial charge in [0.15, 0.2) is 9.84 Å². The molecule has 5 heteroatoms. The van der Waals surface area contributed by atoms with Gasteiger partial charge in [-0.15, -0.1) is 11.6 Å². The van der Waals surface area contributed by atoms with E-state index in [1.165, 1.54) is 0 Å². The molecule has 0 aromatic heterocycles. The quantitative estimate of drug-likeness (QED) is 0.822. The van der Waals surface area contributed by atoms with E-state index in [4.69, 9.17) is 11.6 Å². The molecule has 0 fully saturated rings. The van der Waals surface area contributed by atoms with Crippen LogP contribution in [0.5, 0.6) is 0 Å². The van der Waals surface area contributed by atoms with Gasteiger partial charge >= 0.3 is 0 Å². The van der Waals surface area contributed by atoms with E-state index in [1.54, 1.807) is 31.2 Å². The van der Waals surface area contributed by atoms with Gasteiger partial charge in [0, 0.05) is 18.1 Å². The van der Waals surface area contributed by atoms with E-state index in [0.717, 1.165) is 16.8 Å². The average molecular weight is 324 g/mol. The Labute approximate surface area is 130 Å². The van der Waals surface area contributed by atoms with Crippen LogP contribution in [0.3, 0.4) is 0 Å². The predicted octanol–water partition coefficient (Wildman–Crippen LogP) is 3.83. The Kier molecular flexibility index (Phi) is 5.26. The van der Waals surface area contributed by atoms with Crippen LogP contribution in [0.4, 0.5) is 5.69 Å². The molecular formula is C16H18ClNO2S. The third kappa shape index (κ3) is 4.22. The van der Waals surface area contributed by atoms with Crippen LogP contribution in [0.25, 0.3) is 0 Å². The standard InChI is InChI=1S/C16H18ClNO2S/c1-2-21(19,20)16-9-7-15(8-10-16)18-12-14-5-3-13(11-17)4-6-14/h3-10,18H,2,11-12H2,1H3. The van der Waals surface area contributed by atoms with Gasteiger partial charge in [-0.05, 0) is 35.4 Å². The molecule has 1 N–H and O–H groups in total. The van der Waals surface area contributed by atoms with E-state index in [9.17, 15) is 8.42 Å². The molecule has 0 radical (unpaired) electrons. The summed E-state index contributed by atoms with van der Waals surface area (Å²) in [6, 6.07) is 14.9. The first-order chi connectivity index (χ1) is 10.0. The number of benzene rings is 2. The van der Waals surface area contributed by atoms with Crippen LogP contribution in [0.15, 0.2) is 53.4 Å². The molecule has 0 amide bonds. The molecule has 0 aliphatic carbocycles. The number of sulfone groups is 1. The number of nitrogens with one attached hydrogen (secondary N) is 1. The molecule has 0 saturated heterocycles. The van der Waals surface area contributed by atoms with E-state index >= 15 is 0 Å². The number of alkyl halides is 1. The topological polar surface area (TPSA) is 46.2 Å². The van der Waals surface area contributed by atoms with E-state index in [1.807, 2.05) is 24.3 Å². The lowest BCUT2D eigenvalue weighted by Crippen LogP contribution is -2.04. The van der Waals surface area contributed by atoms with Crippen molar-refractivity contribution in [2.24, 2.45) is 0 Å². The molecule has 0 saturated carbocycles. The summed E-state index contributed by atoms with van der Waals surface area (Å²) in [6.07, 6.45) is 0. The number of halogens is 1. The van der Waals surface area contributed by atoms with Crippen molar-refractivity contribution in [1.29, 1.82) is 0 Å². The minimum absolute atomic E-state index is 0.118. The Balaban J connectivity index is 2.00. The van der Waals surface area contributed by atoms with Crippen molar-refractivity contribution in [2.45, 2.75) is 24.2 Å². The van der Waals surface area contributed by atoms with Gasteiger partial charge < -0.3 is 5.32 Å². The molecule has 2 rings (SSSR count). The van der Waals surface area contributed by atoms with E-state index in [2.05, 4.69) is 5.32 Å². The second-order valence-corrected chi connectivity index (χ2v) is 7.28. The van der Waals surface area contributed by atoms with Crippen molar-refractivity contribution >= 4 is 27.1 Å². The van der Waals surface area contributed by atoms with Crippen LogP contribution in [0, 0.1) is 0 Å². The largest absolute Gasteiger partial charge is 0.381 e. The fraction of sp³-hybridized carbons (Fsp3) is 0.250. The molecule has 0 aliphatic rings. The summed E-state index contributed by atoms with van der Waals surface area (Å²) in [4.78, 5) is 0.363. The molecule has 0 bridgehead atoms. The van der Waals surface area contributed by atoms with Gasteiger partial charge in [0.05, 0.1) is 10.6 Å². The minimum Gasteiger partial charge on any atom is -0.381 e. The molecule has 0 spiro atoms. The first-order valence-corrected chi connectivity index (χ1v) is 8.94. The fourth-order valence-corrected chi connectivity index (χ4v) is 2.96. The van der Waals surface area contributed by atoms with Gasteiger partial charge in [-0.1, -0.05) is 31.2 Å². The van der Waals surface area contributed by atoms with E-state index in [0.29, 0.717) is 17.3 Å². The molecular weight excluding hydrogens is 306 g/mol. The third-order valence-electron chi connectivity index (χ3n) is 3.27. The summed E-state index contributed by atoms with van der Waals surface area (Å²) in [5.41, 5.74) is 3.13. The summed E-state index contributed by atoms with van der Waals surface area (Å²) in [5, 5.41) is 3.27. The molecule has 0 aliphatic heterocycles. The molecule has 112 valence electrons. The maximum atomic E-state index is 11.7. The van der Waals surface area contributed by atoms with Gasteiger partial charge in [-0.3, -0.25) is 0 Å². The number of hydrogen-bond acceptors (Lipinski definition) is 3. The maximum Gasteiger partial charge on any atom is 0.178 e. The predicted molar refractivity (Wildman–Crippen MR) is 87.5 cm³/mol. The van der Waals surface area contributed by atoms with E-state index < -0.39 is 9.84 Å². The van der Waals surface area contributed by atoms with Crippen LogP contribution in [0.2, 0.25) is 0 Å². The molecule has 2 aromatic rings. The monoisotopic (exact) mass is 323 g/mol. The lowest BCUT2D eigenvalue weighted by molar-refractivity contribution is 0.597. The Hall–Kier alpha value is -1.52. The van der Waals surface area contributed by atoms with E-state index in [-0.39, 0.29) is 5.75 Å². The van der Waals surface area contributed by atoms with Gasteiger partial charge in [0.1, 0.15) is 0 Å². The minimum atomic E-state index is -3.13. The molecule has 0 atom stereocenters. The number of rotatable bonds is 6. The highest BCUT2D eigenvalue weighted by Gasteiger charge is 2.10. The second-order valence-electron chi connectivity index (χ2n) is 4.73. The van der Waals surface area contributed by atoms with Crippen molar-refractivity contribution < 1.29 is 8.42 Å². The van der Waals surface area contributed by atoms with Crippen molar-refractivity contribution in [2.75, 3.05) is 11.1 Å². The fourth-order valence-electron chi connectivity index (χ4n) is 1.90.